The molecule has 3 rings (SSSR count). The van der Waals surface area contributed by atoms with Crippen LogP contribution in [0.3, 0.4) is 0 Å². The van der Waals surface area contributed by atoms with Gasteiger partial charge in [-0.15, -0.1) is 0 Å². The standard InChI is InChI=1S/C15H19N5O/c1-2-5-12-17-15(19-18-12)13-14(21)10-6-3-4-7-11(10)20(13)9-8-16/h3-4,6-7,13H,2,5,8-9,16H2,1H3,(H,17,18,19). The Morgan fingerprint density at radius 3 is 2.95 bits per heavy atom. The summed E-state index contributed by atoms with van der Waals surface area (Å²) in [5.74, 6) is 1.40. The number of aryl methyl sites for hydroxylation is 1. The molecule has 0 spiro atoms. The van der Waals surface area contributed by atoms with Gasteiger partial charge in [-0.2, -0.15) is 5.10 Å². The van der Waals surface area contributed by atoms with Gasteiger partial charge in [0.2, 0.25) is 0 Å². The summed E-state index contributed by atoms with van der Waals surface area (Å²) in [6, 6.07) is 7.13. The van der Waals surface area contributed by atoms with Crippen molar-refractivity contribution in [2.24, 2.45) is 5.73 Å². The van der Waals surface area contributed by atoms with E-state index in [1.165, 1.54) is 0 Å². The van der Waals surface area contributed by atoms with Gasteiger partial charge in [0.15, 0.2) is 17.6 Å². The number of rotatable bonds is 5. The molecule has 1 aliphatic heterocycles. The molecule has 0 bridgehead atoms. The molecule has 110 valence electrons. The fraction of sp³-hybridized carbons (Fsp3) is 0.400. The van der Waals surface area contributed by atoms with E-state index < -0.39 is 6.04 Å². The van der Waals surface area contributed by atoms with Crippen LogP contribution in [0.25, 0.3) is 0 Å². The number of carbonyl (C=O) groups is 1. The van der Waals surface area contributed by atoms with Gasteiger partial charge in [0.05, 0.1) is 0 Å². The third-order valence-corrected chi connectivity index (χ3v) is 3.69. The molecular weight excluding hydrogens is 266 g/mol. The number of hydrogen-bond acceptors (Lipinski definition) is 5. The highest BCUT2D eigenvalue weighted by Crippen LogP contribution is 2.38. The van der Waals surface area contributed by atoms with E-state index in [0.29, 0.717) is 18.9 Å². The molecule has 3 N–H and O–H groups in total. The molecule has 2 aromatic rings. The lowest BCUT2D eigenvalue weighted by Crippen LogP contribution is -2.33. The van der Waals surface area contributed by atoms with Crippen molar-refractivity contribution >= 4 is 11.5 Å². The highest BCUT2D eigenvalue weighted by molar-refractivity contribution is 6.10. The van der Waals surface area contributed by atoms with E-state index in [9.17, 15) is 4.79 Å². The van der Waals surface area contributed by atoms with Crippen LogP contribution in [0.5, 0.6) is 0 Å². The Kier molecular flexibility index (Phi) is 3.70. The number of benzene rings is 1. The van der Waals surface area contributed by atoms with Crippen LogP contribution in [-0.2, 0) is 6.42 Å². The Morgan fingerprint density at radius 2 is 2.19 bits per heavy atom. The minimum Gasteiger partial charge on any atom is -0.353 e. The summed E-state index contributed by atoms with van der Waals surface area (Å²) in [7, 11) is 0. The van der Waals surface area contributed by atoms with Crippen molar-refractivity contribution in [3.8, 4) is 0 Å². The maximum absolute atomic E-state index is 12.7. The van der Waals surface area contributed by atoms with E-state index in [1.54, 1.807) is 0 Å². The van der Waals surface area contributed by atoms with Gasteiger partial charge in [-0.25, -0.2) is 4.98 Å². The Hall–Kier alpha value is -2.21. The van der Waals surface area contributed by atoms with Gasteiger partial charge in [0, 0.05) is 30.8 Å². The fourth-order valence-corrected chi connectivity index (χ4v) is 2.79. The number of Topliss-reactive ketones (excluding diaryl/α,β-unsaturated/α-hetero) is 1. The molecule has 6 nitrogen and oxygen atoms in total. The molecule has 1 aromatic carbocycles. The number of ketones is 1. The van der Waals surface area contributed by atoms with Crippen LogP contribution in [-0.4, -0.2) is 34.1 Å². The first-order valence-corrected chi connectivity index (χ1v) is 7.27. The number of nitrogens with one attached hydrogen (secondary N) is 1. The topological polar surface area (TPSA) is 87.9 Å². The van der Waals surface area contributed by atoms with E-state index in [1.807, 2.05) is 29.2 Å². The first kappa shape index (κ1) is 13.8. The van der Waals surface area contributed by atoms with Crippen molar-refractivity contribution in [2.75, 3.05) is 18.0 Å². The molecule has 0 fully saturated rings. The molecule has 6 heteroatoms. The first-order valence-electron chi connectivity index (χ1n) is 7.27. The monoisotopic (exact) mass is 285 g/mol. The zero-order valence-electron chi connectivity index (χ0n) is 12.0. The normalized spacial score (nSPS) is 17.3. The van der Waals surface area contributed by atoms with Gasteiger partial charge >= 0.3 is 0 Å². The third-order valence-electron chi connectivity index (χ3n) is 3.69. The SMILES string of the molecule is CCCc1nc(C2C(=O)c3ccccc3N2CCN)n[nH]1. The zero-order chi connectivity index (χ0) is 14.8. The zero-order valence-corrected chi connectivity index (χ0v) is 12.0. The summed E-state index contributed by atoms with van der Waals surface area (Å²) in [5.41, 5.74) is 7.34. The van der Waals surface area contributed by atoms with Crippen LogP contribution in [0.2, 0.25) is 0 Å². The maximum atomic E-state index is 12.7. The van der Waals surface area contributed by atoms with Crippen LogP contribution in [0.15, 0.2) is 24.3 Å². The molecule has 0 saturated heterocycles. The number of nitrogens with two attached hydrogens (primary N) is 1. The van der Waals surface area contributed by atoms with Crippen LogP contribution in [0.1, 0.15) is 41.4 Å². The predicted molar refractivity (Wildman–Crippen MR) is 80.3 cm³/mol. The number of aromatic nitrogens is 3. The summed E-state index contributed by atoms with van der Waals surface area (Å²) in [6.07, 6.45) is 1.82. The van der Waals surface area contributed by atoms with Gasteiger partial charge in [0.1, 0.15) is 5.82 Å². The summed E-state index contributed by atoms with van der Waals surface area (Å²) in [6.45, 7) is 3.16. The lowest BCUT2D eigenvalue weighted by atomic mass is 10.1. The van der Waals surface area contributed by atoms with Gasteiger partial charge < -0.3 is 10.6 Å². The van der Waals surface area contributed by atoms with Crippen molar-refractivity contribution < 1.29 is 4.79 Å². The molecule has 1 aliphatic rings. The maximum Gasteiger partial charge on any atom is 0.195 e. The Morgan fingerprint density at radius 1 is 1.38 bits per heavy atom. The lowest BCUT2D eigenvalue weighted by molar-refractivity contribution is 0.0967. The minimum absolute atomic E-state index is 0.0427. The van der Waals surface area contributed by atoms with E-state index in [0.717, 1.165) is 29.9 Å². The van der Waals surface area contributed by atoms with Crippen LogP contribution < -0.4 is 10.6 Å². The second-order valence-electron chi connectivity index (χ2n) is 5.16. The molecule has 1 unspecified atom stereocenters. The highest BCUT2D eigenvalue weighted by atomic mass is 16.1. The second-order valence-corrected chi connectivity index (χ2v) is 5.16. The molecule has 0 radical (unpaired) electrons. The summed E-state index contributed by atoms with van der Waals surface area (Å²) in [4.78, 5) is 19.1. The van der Waals surface area contributed by atoms with Crippen molar-refractivity contribution in [3.05, 3.63) is 41.5 Å². The van der Waals surface area contributed by atoms with Crippen molar-refractivity contribution in [1.82, 2.24) is 15.2 Å². The van der Waals surface area contributed by atoms with E-state index in [4.69, 9.17) is 5.73 Å². The van der Waals surface area contributed by atoms with Crippen LogP contribution >= 0.6 is 0 Å². The van der Waals surface area contributed by atoms with Crippen molar-refractivity contribution in [1.29, 1.82) is 0 Å². The average molecular weight is 285 g/mol. The number of H-pyrrole nitrogens is 1. The molecule has 2 heterocycles. The number of aromatic amines is 1. The summed E-state index contributed by atoms with van der Waals surface area (Å²) >= 11 is 0. The number of anilines is 1. The Labute approximate surface area is 123 Å². The molecule has 0 aliphatic carbocycles. The third kappa shape index (κ3) is 2.31. The molecule has 0 amide bonds. The number of para-hydroxylation sites is 1. The molecule has 21 heavy (non-hydrogen) atoms. The predicted octanol–water partition coefficient (Wildman–Crippen LogP) is 1.46. The summed E-state index contributed by atoms with van der Waals surface area (Å²) < 4.78 is 0. The number of carbonyl (C=O) groups excluding carboxylic acids is 1. The second kappa shape index (κ2) is 5.65. The van der Waals surface area contributed by atoms with E-state index >= 15 is 0 Å². The van der Waals surface area contributed by atoms with Gasteiger partial charge in [-0.3, -0.25) is 9.89 Å². The van der Waals surface area contributed by atoms with E-state index in [2.05, 4.69) is 22.1 Å². The van der Waals surface area contributed by atoms with Gasteiger partial charge in [-0.1, -0.05) is 19.1 Å². The molecular formula is C15H19N5O. The van der Waals surface area contributed by atoms with Crippen LogP contribution in [0.4, 0.5) is 5.69 Å². The largest absolute Gasteiger partial charge is 0.353 e. The number of fused-ring (bicyclic) bond motifs is 1. The molecule has 0 saturated carbocycles. The number of hydrogen-bond donors (Lipinski definition) is 2. The smallest absolute Gasteiger partial charge is 0.195 e. The van der Waals surface area contributed by atoms with Crippen molar-refractivity contribution in [3.63, 3.8) is 0 Å². The fourth-order valence-electron chi connectivity index (χ4n) is 2.79. The first-order chi connectivity index (χ1) is 10.3. The quantitative estimate of drug-likeness (QED) is 0.868. The average Bonchev–Trinajstić information content (AvgIpc) is 3.05. The molecule has 1 atom stereocenters. The van der Waals surface area contributed by atoms with E-state index in [-0.39, 0.29) is 5.78 Å². The summed E-state index contributed by atoms with van der Waals surface area (Å²) in [5, 5.41) is 7.17. The Balaban J connectivity index is 1.98. The molecule has 1 aromatic heterocycles. The van der Waals surface area contributed by atoms with Crippen LogP contribution in [0, 0.1) is 0 Å². The van der Waals surface area contributed by atoms with Crippen molar-refractivity contribution in [2.45, 2.75) is 25.8 Å². The van der Waals surface area contributed by atoms with Gasteiger partial charge in [-0.05, 0) is 18.6 Å². The Bertz CT molecular complexity index is 651. The minimum atomic E-state index is -0.465. The van der Waals surface area contributed by atoms with Gasteiger partial charge in [0.25, 0.3) is 0 Å². The number of nitrogens with zero attached hydrogens (tertiary/aromatic N) is 3. The highest BCUT2D eigenvalue weighted by Gasteiger charge is 2.40. The lowest BCUT2D eigenvalue weighted by Gasteiger charge is -2.23.